The van der Waals surface area contributed by atoms with Crippen LogP contribution >= 0.6 is 0 Å². The molecule has 178 valence electrons. The number of nitrogens with zero attached hydrogens (tertiary/aromatic N) is 3. The minimum Gasteiger partial charge on any atom is -0.406 e. The van der Waals surface area contributed by atoms with E-state index in [1.165, 1.54) is 17.8 Å². The second-order valence-corrected chi connectivity index (χ2v) is 8.52. The Bertz CT molecular complexity index is 1130. The first-order valence-electron chi connectivity index (χ1n) is 11.2. The highest BCUT2D eigenvalue weighted by atomic mass is 19.4. The molecule has 0 amide bonds. The molecule has 1 atom stereocenters. The number of nitrogens with one attached hydrogen (secondary N) is 1. The molecule has 2 aliphatic heterocycles. The van der Waals surface area contributed by atoms with Crippen LogP contribution in [-0.4, -0.2) is 47.5 Å². The van der Waals surface area contributed by atoms with Gasteiger partial charge >= 0.3 is 6.36 Å². The van der Waals surface area contributed by atoms with Gasteiger partial charge in [-0.15, -0.1) is 13.2 Å². The number of hydrogen-bond acceptors (Lipinski definition) is 6. The molecular formula is C25H25F3N4O2. The lowest BCUT2D eigenvalue weighted by Gasteiger charge is -2.29. The molecule has 3 heterocycles. The van der Waals surface area contributed by atoms with Crippen LogP contribution in [0.25, 0.3) is 11.1 Å². The first-order chi connectivity index (χ1) is 16.4. The van der Waals surface area contributed by atoms with Crippen molar-refractivity contribution in [3.63, 3.8) is 0 Å². The molecule has 1 fully saturated rings. The summed E-state index contributed by atoms with van der Waals surface area (Å²) in [5.41, 5.74) is 5.56. The second kappa shape index (κ2) is 9.25. The molecule has 1 aromatic heterocycles. The maximum Gasteiger partial charge on any atom is 0.573 e. The van der Waals surface area contributed by atoms with Crippen LogP contribution < -0.4 is 15.0 Å². The number of alkyl halides is 3. The standard InChI is InChI=1S/C25H25F3N4O2/c26-25(27,28)34-22-7-1-17(2-8-22)15-32-16-20-13-19(14-30-23(20)24(32)33)18-3-5-21(6-4-18)31-11-9-29-10-12-31/h1-8,13-14,24,29,33H,9-12,15-16H2. The summed E-state index contributed by atoms with van der Waals surface area (Å²) in [7, 11) is 0. The highest BCUT2D eigenvalue weighted by Crippen LogP contribution is 2.34. The summed E-state index contributed by atoms with van der Waals surface area (Å²) >= 11 is 0. The second-order valence-electron chi connectivity index (χ2n) is 8.52. The average molecular weight is 470 g/mol. The van der Waals surface area contributed by atoms with Crippen LogP contribution in [0.5, 0.6) is 5.75 Å². The van der Waals surface area contributed by atoms with Gasteiger partial charge in [-0.2, -0.15) is 0 Å². The molecule has 5 rings (SSSR count). The highest BCUT2D eigenvalue weighted by molar-refractivity contribution is 5.67. The Hall–Kier alpha value is -3.14. The van der Waals surface area contributed by atoms with E-state index in [2.05, 4.69) is 44.2 Å². The predicted octanol–water partition coefficient (Wildman–Crippen LogP) is 4.06. The van der Waals surface area contributed by atoms with Gasteiger partial charge in [0, 0.05) is 56.7 Å². The normalized spacial score (nSPS) is 18.7. The van der Waals surface area contributed by atoms with Crippen molar-refractivity contribution in [1.82, 2.24) is 15.2 Å². The number of pyridine rings is 1. The summed E-state index contributed by atoms with van der Waals surface area (Å²) in [6.07, 6.45) is -3.82. The zero-order chi connectivity index (χ0) is 23.7. The maximum atomic E-state index is 12.4. The zero-order valence-corrected chi connectivity index (χ0v) is 18.4. The molecule has 1 unspecified atom stereocenters. The third-order valence-electron chi connectivity index (χ3n) is 6.19. The molecule has 2 N–H and O–H groups in total. The molecule has 2 aliphatic rings. The number of ether oxygens (including phenoxy) is 1. The summed E-state index contributed by atoms with van der Waals surface area (Å²) in [6, 6.07) is 16.2. The fourth-order valence-electron chi connectivity index (χ4n) is 4.48. The Morgan fingerprint density at radius 3 is 2.38 bits per heavy atom. The minimum atomic E-state index is -4.72. The molecule has 0 aliphatic carbocycles. The molecule has 2 aromatic carbocycles. The molecule has 9 heteroatoms. The van der Waals surface area contributed by atoms with Crippen molar-refractivity contribution in [3.05, 3.63) is 77.6 Å². The van der Waals surface area contributed by atoms with Crippen LogP contribution in [0.1, 0.15) is 23.0 Å². The number of aromatic nitrogens is 1. The van der Waals surface area contributed by atoms with E-state index in [9.17, 15) is 18.3 Å². The van der Waals surface area contributed by atoms with Gasteiger partial charge in [0.05, 0.1) is 5.69 Å². The molecular weight excluding hydrogens is 445 g/mol. The summed E-state index contributed by atoms with van der Waals surface area (Å²) in [5, 5.41) is 14.1. The van der Waals surface area contributed by atoms with Crippen LogP contribution in [0.4, 0.5) is 18.9 Å². The van der Waals surface area contributed by atoms with Crippen LogP contribution in [0.3, 0.4) is 0 Å². The molecule has 3 aromatic rings. The van der Waals surface area contributed by atoms with Crippen LogP contribution in [0.15, 0.2) is 60.8 Å². The Kier molecular flexibility index (Phi) is 6.16. The largest absolute Gasteiger partial charge is 0.573 e. The summed E-state index contributed by atoms with van der Waals surface area (Å²) in [6.45, 7) is 4.83. The SMILES string of the molecule is OC1c2ncc(-c3ccc(N4CCNCC4)cc3)cc2CN1Cc1ccc(OC(F)(F)F)cc1. The van der Waals surface area contributed by atoms with Gasteiger partial charge in [-0.25, -0.2) is 0 Å². The molecule has 0 bridgehead atoms. The number of anilines is 1. The van der Waals surface area contributed by atoms with Crippen molar-refractivity contribution < 1.29 is 23.0 Å². The topological polar surface area (TPSA) is 60.9 Å². The Morgan fingerprint density at radius 2 is 1.71 bits per heavy atom. The van der Waals surface area contributed by atoms with Gasteiger partial charge in [-0.05, 0) is 47.0 Å². The predicted molar refractivity (Wildman–Crippen MR) is 122 cm³/mol. The van der Waals surface area contributed by atoms with Gasteiger partial charge < -0.3 is 20.1 Å². The summed E-state index contributed by atoms with van der Waals surface area (Å²) in [4.78, 5) is 8.71. The van der Waals surface area contributed by atoms with Crippen molar-refractivity contribution in [2.24, 2.45) is 0 Å². The van der Waals surface area contributed by atoms with E-state index in [0.717, 1.165) is 48.4 Å². The highest BCUT2D eigenvalue weighted by Gasteiger charge is 2.32. The minimum absolute atomic E-state index is 0.268. The lowest BCUT2D eigenvalue weighted by atomic mass is 10.0. The first kappa shape index (κ1) is 22.6. The number of benzene rings is 2. The number of aliphatic hydroxyl groups excluding tert-OH is 1. The van der Waals surface area contributed by atoms with Crippen LogP contribution in [0, 0.1) is 0 Å². The monoisotopic (exact) mass is 470 g/mol. The average Bonchev–Trinajstić information content (AvgIpc) is 3.14. The van der Waals surface area contributed by atoms with E-state index >= 15 is 0 Å². The number of piperazine rings is 1. The van der Waals surface area contributed by atoms with Gasteiger partial charge in [0.25, 0.3) is 0 Å². The third-order valence-corrected chi connectivity index (χ3v) is 6.19. The van der Waals surface area contributed by atoms with Crippen molar-refractivity contribution in [2.75, 3.05) is 31.1 Å². The van der Waals surface area contributed by atoms with Gasteiger partial charge in [-0.1, -0.05) is 24.3 Å². The van der Waals surface area contributed by atoms with Crippen molar-refractivity contribution in [1.29, 1.82) is 0 Å². The molecule has 0 saturated carbocycles. The number of rotatable bonds is 5. The number of aliphatic hydroxyl groups is 1. The van der Waals surface area contributed by atoms with Gasteiger partial charge in [0.2, 0.25) is 0 Å². The lowest BCUT2D eigenvalue weighted by Crippen LogP contribution is -2.43. The van der Waals surface area contributed by atoms with Crippen LogP contribution in [-0.2, 0) is 13.1 Å². The first-order valence-corrected chi connectivity index (χ1v) is 11.2. The lowest BCUT2D eigenvalue weighted by molar-refractivity contribution is -0.274. The molecule has 0 radical (unpaired) electrons. The summed E-state index contributed by atoms with van der Waals surface area (Å²) < 4.78 is 41.0. The molecule has 1 saturated heterocycles. The number of fused-ring (bicyclic) bond motifs is 1. The quantitative estimate of drug-likeness (QED) is 0.587. The molecule has 0 spiro atoms. The molecule has 34 heavy (non-hydrogen) atoms. The Morgan fingerprint density at radius 1 is 1.00 bits per heavy atom. The zero-order valence-electron chi connectivity index (χ0n) is 18.4. The maximum absolute atomic E-state index is 12.4. The van der Waals surface area contributed by atoms with E-state index in [1.807, 2.05) is 11.0 Å². The van der Waals surface area contributed by atoms with Crippen LogP contribution in [0.2, 0.25) is 0 Å². The van der Waals surface area contributed by atoms with Gasteiger partial charge in [0.15, 0.2) is 6.23 Å². The smallest absolute Gasteiger partial charge is 0.406 e. The van der Waals surface area contributed by atoms with E-state index in [4.69, 9.17) is 0 Å². The van der Waals surface area contributed by atoms with E-state index in [-0.39, 0.29) is 5.75 Å². The fourth-order valence-corrected chi connectivity index (χ4v) is 4.48. The van der Waals surface area contributed by atoms with Crippen molar-refractivity contribution in [2.45, 2.75) is 25.7 Å². The van der Waals surface area contributed by atoms with E-state index in [1.54, 1.807) is 18.3 Å². The third kappa shape index (κ3) is 5.01. The van der Waals surface area contributed by atoms with Crippen molar-refractivity contribution >= 4 is 5.69 Å². The number of hydrogen-bond donors (Lipinski definition) is 2. The van der Waals surface area contributed by atoms with E-state index < -0.39 is 12.6 Å². The van der Waals surface area contributed by atoms with Gasteiger partial charge in [-0.3, -0.25) is 9.88 Å². The Balaban J connectivity index is 1.26. The fraction of sp³-hybridized carbons (Fsp3) is 0.320. The van der Waals surface area contributed by atoms with E-state index in [0.29, 0.717) is 18.8 Å². The molecule has 6 nitrogen and oxygen atoms in total. The number of halogens is 3. The van der Waals surface area contributed by atoms with Crippen molar-refractivity contribution in [3.8, 4) is 16.9 Å². The van der Waals surface area contributed by atoms with Gasteiger partial charge in [0.1, 0.15) is 5.75 Å². The summed E-state index contributed by atoms with van der Waals surface area (Å²) in [5.74, 6) is -0.268. The Labute approximate surface area is 195 Å².